The van der Waals surface area contributed by atoms with Crippen LogP contribution in [0.4, 0.5) is 5.88 Å². The van der Waals surface area contributed by atoms with Gasteiger partial charge in [-0.2, -0.15) is 0 Å². The van der Waals surface area contributed by atoms with Gasteiger partial charge in [-0.25, -0.2) is 4.98 Å². The highest BCUT2D eigenvalue weighted by Gasteiger charge is 2.12. The van der Waals surface area contributed by atoms with E-state index in [9.17, 15) is 10.1 Å². The molecule has 0 aromatic carbocycles. The van der Waals surface area contributed by atoms with E-state index in [1.165, 1.54) is 12.3 Å². The summed E-state index contributed by atoms with van der Waals surface area (Å²) in [6.45, 7) is 0. The lowest BCUT2D eigenvalue weighted by Crippen LogP contribution is -1.82. The Balaban J connectivity index is 2.70. The minimum absolute atomic E-state index is 0.274. The molecule has 0 unspecified atom stereocenters. The molecule has 5 nitrogen and oxygen atoms in total. The summed E-state index contributed by atoms with van der Waals surface area (Å²) in [5, 5.41) is 10.9. The highest BCUT2D eigenvalue weighted by molar-refractivity contribution is 5.75. The maximum atomic E-state index is 10.3. The number of aromatic nitrogens is 1. The zero-order valence-electron chi connectivity index (χ0n) is 5.93. The second-order valence-electron chi connectivity index (χ2n) is 2.24. The van der Waals surface area contributed by atoms with E-state index in [-0.39, 0.29) is 5.88 Å². The fraction of sp³-hybridized carbons (Fsp3) is 0. The van der Waals surface area contributed by atoms with E-state index in [1.807, 2.05) is 0 Å². The van der Waals surface area contributed by atoms with Crippen LogP contribution < -0.4 is 0 Å². The smallest absolute Gasteiger partial charge is 0.382 e. The molecular weight excluding hydrogens is 160 g/mol. The summed E-state index contributed by atoms with van der Waals surface area (Å²) in [6.07, 6.45) is 1.52. The van der Waals surface area contributed by atoms with Gasteiger partial charge in [-0.15, -0.1) is 0 Å². The third-order valence-corrected chi connectivity index (χ3v) is 1.46. The van der Waals surface area contributed by atoms with Crippen molar-refractivity contribution in [2.24, 2.45) is 0 Å². The van der Waals surface area contributed by atoms with E-state index in [1.54, 1.807) is 12.1 Å². The number of nitro groups is 1. The number of pyridine rings is 1. The van der Waals surface area contributed by atoms with Gasteiger partial charge in [0.25, 0.3) is 0 Å². The van der Waals surface area contributed by atoms with Crippen molar-refractivity contribution >= 4 is 17.0 Å². The topological polar surface area (TPSA) is 69.2 Å². The van der Waals surface area contributed by atoms with E-state index in [2.05, 4.69) is 4.98 Å². The van der Waals surface area contributed by atoms with E-state index in [0.29, 0.717) is 11.1 Å². The highest BCUT2D eigenvalue weighted by Crippen LogP contribution is 2.21. The van der Waals surface area contributed by atoms with Crippen LogP contribution in [-0.2, 0) is 0 Å². The predicted octanol–water partition coefficient (Wildman–Crippen LogP) is 1.74. The van der Waals surface area contributed by atoms with Crippen LogP contribution in [0.1, 0.15) is 0 Å². The highest BCUT2D eigenvalue weighted by atomic mass is 16.6. The summed E-state index contributed by atoms with van der Waals surface area (Å²) < 4.78 is 4.82. The van der Waals surface area contributed by atoms with Crippen molar-refractivity contribution < 1.29 is 9.34 Å². The number of nitrogens with zero attached hydrogens (tertiary/aromatic N) is 2. The summed E-state index contributed by atoms with van der Waals surface area (Å²) in [7, 11) is 0. The Morgan fingerprint density at radius 2 is 2.42 bits per heavy atom. The second kappa shape index (κ2) is 2.30. The molecule has 0 saturated heterocycles. The first kappa shape index (κ1) is 6.78. The van der Waals surface area contributed by atoms with Gasteiger partial charge in [0.2, 0.25) is 5.71 Å². The van der Waals surface area contributed by atoms with Crippen molar-refractivity contribution in [3.63, 3.8) is 0 Å². The normalized spacial score (nSPS) is 10.3. The Kier molecular flexibility index (Phi) is 1.30. The third kappa shape index (κ3) is 0.914. The van der Waals surface area contributed by atoms with Gasteiger partial charge >= 0.3 is 5.88 Å². The Labute approximate surface area is 66.8 Å². The van der Waals surface area contributed by atoms with Gasteiger partial charge in [0, 0.05) is 11.6 Å². The van der Waals surface area contributed by atoms with Crippen molar-refractivity contribution in [2.45, 2.75) is 0 Å². The molecule has 12 heavy (non-hydrogen) atoms. The van der Waals surface area contributed by atoms with Crippen molar-refractivity contribution in [3.05, 3.63) is 34.5 Å². The lowest BCUT2D eigenvalue weighted by Gasteiger charge is -1.80. The Morgan fingerprint density at radius 3 is 3.08 bits per heavy atom. The summed E-state index contributed by atoms with van der Waals surface area (Å²) in [5.41, 5.74) is 0.296. The molecule has 0 aliphatic carbocycles. The molecule has 0 fully saturated rings. The van der Waals surface area contributed by atoms with Crippen LogP contribution in [-0.4, -0.2) is 9.91 Å². The summed E-state index contributed by atoms with van der Waals surface area (Å²) in [5.74, 6) is -0.274. The average molecular weight is 164 g/mol. The minimum atomic E-state index is -0.582. The standard InChI is InChI=1S/C7H4N2O3/c10-9(11)6-4-5-2-1-3-8-7(5)12-6/h1-4H. The SMILES string of the molecule is O=[N+]([O-])c1cc2cccnc2o1. The molecule has 0 bridgehead atoms. The largest absolute Gasteiger partial charge is 0.435 e. The molecule has 0 N–H and O–H groups in total. The van der Waals surface area contributed by atoms with E-state index >= 15 is 0 Å². The van der Waals surface area contributed by atoms with Gasteiger partial charge in [0.05, 0.1) is 6.07 Å². The molecule has 2 aromatic rings. The van der Waals surface area contributed by atoms with Crippen LogP contribution in [0, 0.1) is 10.1 Å². The predicted molar refractivity (Wildman–Crippen MR) is 40.7 cm³/mol. The molecule has 0 spiro atoms. The van der Waals surface area contributed by atoms with Crippen molar-refractivity contribution in [3.8, 4) is 0 Å². The van der Waals surface area contributed by atoms with Crippen LogP contribution in [0.3, 0.4) is 0 Å². The molecule has 0 saturated carbocycles. The van der Waals surface area contributed by atoms with Gasteiger partial charge < -0.3 is 4.42 Å². The number of furan rings is 1. The summed E-state index contributed by atoms with van der Waals surface area (Å²) in [6, 6.07) is 4.75. The number of rotatable bonds is 1. The summed E-state index contributed by atoms with van der Waals surface area (Å²) >= 11 is 0. The van der Waals surface area contributed by atoms with E-state index in [0.717, 1.165) is 0 Å². The molecule has 2 aromatic heterocycles. The molecule has 0 aliphatic heterocycles. The molecule has 0 atom stereocenters. The first-order valence-electron chi connectivity index (χ1n) is 3.26. The van der Waals surface area contributed by atoms with Gasteiger partial charge in [-0.1, -0.05) is 0 Å². The van der Waals surface area contributed by atoms with Crippen molar-refractivity contribution in [2.75, 3.05) is 0 Å². The average Bonchev–Trinajstić information content (AvgIpc) is 2.46. The number of hydrogen-bond acceptors (Lipinski definition) is 4. The van der Waals surface area contributed by atoms with Gasteiger partial charge in [-0.3, -0.25) is 10.1 Å². The van der Waals surface area contributed by atoms with Crippen LogP contribution in [0.5, 0.6) is 0 Å². The van der Waals surface area contributed by atoms with Crippen LogP contribution in [0.2, 0.25) is 0 Å². The van der Waals surface area contributed by atoms with E-state index in [4.69, 9.17) is 4.42 Å². The molecule has 60 valence electrons. The number of hydrogen-bond donors (Lipinski definition) is 0. The maximum absolute atomic E-state index is 10.3. The van der Waals surface area contributed by atoms with Crippen LogP contribution in [0.25, 0.3) is 11.1 Å². The lowest BCUT2D eigenvalue weighted by atomic mass is 10.3. The van der Waals surface area contributed by atoms with Crippen LogP contribution in [0.15, 0.2) is 28.8 Å². The fourth-order valence-electron chi connectivity index (χ4n) is 0.950. The van der Waals surface area contributed by atoms with Crippen molar-refractivity contribution in [1.29, 1.82) is 0 Å². The molecule has 2 rings (SSSR count). The van der Waals surface area contributed by atoms with E-state index < -0.39 is 4.92 Å². The van der Waals surface area contributed by atoms with Crippen molar-refractivity contribution in [1.82, 2.24) is 4.98 Å². The second-order valence-corrected chi connectivity index (χ2v) is 2.24. The monoisotopic (exact) mass is 164 g/mol. The minimum Gasteiger partial charge on any atom is -0.382 e. The third-order valence-electron chi connectivity index (χ3n) is 1.46. The zero-order valence-corrected chi connectivity index (χ0v) is 5.93. The van der Waals surface area contributed by atoms with Gasteiger partial charge in [0.15, 0.2) is 0 Å². The fourth-order valence-corrected chi connectivity index (χ4v) is 0.950. The molecule has 2 heterocycles. The maximum Gasteiger partial charge on any atom is 0.435 e. The number of fused-ring (bicyclic) bond motifs is 1. The first-order valence-corrected chi connectivity index (χ1v) is 3.26. The van der Waals surface area contributed by atoms with Crippen LogP contribution >= 0.6 is 0 Å². The van der Waals surface area contributed by atoms with Gasteiger partial charge in [-0.05, 0) is 12.1 Å². The Bertz CT molecular complexity index is 402. The first-order chi connectivity index (χ1) is 5.77. The Morgan fingerprint density at radius 1 is 1.58 bits per heavy atom. The quantitative estimate of drug-likeness (QED) is 0.475. The Hall–Kier alpha value is -1.91. The molecule has 0 amide bonds. The molecule has 0 radical (unpaired) electrons. The zero-order chi connectivity index (χ0) is 8.55. The molecule has 5 heteroatoms. The lowest BCUT2D eigenvalue weighted by molar-refractivity contribution is -0.401. The molecule has 0 aliphatic rings. The molecular formula is C7H4N2O3. The summed E-state index contributed by atoms with van der Waals surface area (Å²) in [4.78, 5) is 13.5. The van der Waals surface area contributed by atoms with Gasteiger partial charge in [0.1, 0.15) is 4.92 Å².